The maximum Gasteiger partial charge on any atom is 0.409 e. The minimum absolute atomic E-state index is 0.00647. The summed E-state index contributed by atoms with van der Waals surface area (Å²) in [4.78, 5) is 86.6. The van der Waals surface area contributed by atoms with Crippen molar-refractivity contribution in [1.82, 2.24) is 15.1 Å². The average molecular weight is 892 g/mol. The van der Waals surface area contributed by atoms with E-state index < -0.39 is 93.7 Å². The van der Waals surface area contributed by atoms with Gasteiger partial charge in [-0.15, -0.1) is 0 Å². The summed E-state index contributed by atoms with van der Waals surface area (Å²) >= 11 is 0. The lowest BCUT2D eigenvalue weighted by molar-refractivity contribution is -0.336. The van der Waals surface area contributed by atoms with Crippen LogP contribution in [-0.2, 0) is 38.0 Å². The number of nitrogens with one attached hydrogen (secondary N) is 1. The highest BCUT2D eigenvalue weighted by atomic mass is 16.7. The quantitative estimate of drug-likeness (QED) is 0.357. The van der Waals surface area contributed by atoms with E-state index in [1.807, 2.05) is 47.6 Å². The number of carbonyl (C=O) groups is 6. The molecule has 0 saturated carbocycles. The Morgan fingerprint density at radius 1 is 0.891 bits per heavy atom. The normalized spacial score (nSPS) is 32.3. The standard InChI is InChI=1S/C47H61N3O14/c1-13-59-45(57)50-20-18-49(19-21-50)35-34-37(53)32-31(38(35)54)33-42(26(5)36(32)52)64-47(11,43(33)55)60-22-17-30(58-12)25(4)40(61-29(8)51)28(7)41-27(6)39(62-46(9,10)63-41)23(2)15-14-16-24(3)44(56)48-34/h14-17,22-23,25,27-28,30,39-41,52H,13,18-21H2,1-12H3,(H,48,56)/b15-14?,22-17-,24-16-/t23-,25+,27+,28+,30-,39-,40+,41-,47-/m0/s1. The molecule has 1 aromatic carbocycles. The molecule has 348 valence electrons. The summed E-state index contributed by atoms with van der Waals surface area (Å²) in [6.07, 6.45) is 5.12. The summed E-state index contributed by atoms with van der Waals surface area (Å²) in [6, 6.07) is 0. The molecular weight excluding hydrogens is 831 g/mol. The van der Waals surface area contributed by atoms with Crippen molar-refractivity contribution in [3.8, 4) is 11.5 Å². The fraction of sp³-hybridized carbons (Fsp3) is 0.574. The van der Waals surface area contributed by atoms with Crippen LogP contribution in [0.3, 0.4) is 0 Å². The van der Waals surface area contributed by atoms with E-state index in [0.717, 1.165) is 0 Å². The van der Waals surface area contributed by atoms with Crippen LogP contribution >= 0.6 is 0 Å². The summed E-state index contributed by atoms with van der Waals surface area (Å²) in [7, 11) is 1.49. The maximum absolute atomic E-state index is 15.0. The number of piperazine rings is 1. The zero-order valence-corrected chi connectivity index (χ0v) is 38.7. The lowest BCUT2D eigenvalue weighted by atomic mass is 9.77. The molecule has 0 unspecified atom stereocenters. The number of rotatable bonds is 4. The lowest BCUT2D eigenvalue weighted by Gasteiger charge is -2.50. The first-order chi connectivity index (χ1) is 30.1. The fourth-order valence-electron chi connectivity index (χ4n) is 9.39. The number of allylic oxidation sites excluding steroid dienone is 4. The summed E-state index contributed by atoms with van der Waals surface area (Å²) in [5, 5.41) is 14.3. The molecule has 1 aliphatic carbocycles. The molecule has 0 aromatic heterocycles. The Hall–Kier alpha value is -5.52. The van der Waals surface area contributed by atoms with E-state index in [1.165, 1.54) is 39.0 Å². The number of nitrogens with zero attached hydrogens (tertiary/aromatic N) is 2. The first-order valence-electron chi connectivity index (χ1n) is 21.8. The fourth-order valence-corrected chi connectivity index (χ4v) is 9.39. The number of ether oxygens (including phenoxy) is 7. The molecule has 2 amide bonds. The van der Waals surface area contributed by atoms with Crippen molar-refractivity contribution in [2.75, 3.05) is 39.9 Å². The second-order valence-corrected chi connectivity index (χ2v) is 17.8. The minimum Gasteiger partial charge on any atom is -0.507 e. The average Bonchev–Trinajstić information content (AvgIpc) is 3.50. The Morgan fingerprint density at radius 3 is 2.17 bits per heavy atom. The van der Waals surface area contributed by atoms with Crippen LogP contribution in [-0.4, -0.2) is 126 Å². The van der Waals surface area contributed by atoms with Gasteiger partial charge >= 0.3 is 17.8 Å². The molecule has 17 nitrogen and oxygen atoms in total. The minimum atomic E-state index is -2.09. The van der Waals surface area contributed by atoms with Gasteiger partial charge < -0.3 is 53.4 Å². The van der Waals surface area contributed by atoms with Gasteiger partial charge in [0.25, 0.3) is 11.7 Å². The van der Waals surface area contributed by atoms with Crippen molar-refractivity contribution in [3.63, 3.8) is 0 Å². The number of fused-ring (bicyclic) bond motifs is 10. The van der Waals surface area contributed by atoms with E-state index in [1.54, 1.807) is 37.0 Å². The largest absolute Gasteiger partial charge is 0.507 e. The number of phenols is 1. The molecule has 0 spiro atoms. The zero-order chi connectivity index (χ0) is 47.2. The van der Waals surface area contributed by atoms with Gasteiger partial charge in [0.05, 0.1) is 47.9 Å². The molecule has 2 saturated heterocycles. The second-order valence-electron chi connectivity index (χ2n) is 17.8. The van der Waals surface area contributed by atoms with Crippen molar-refractivity contribution in [2.45, 2.75) is 112 Å². The third-order valence-electron chi connectivity index (χ3n) is 12.8. The Kier molecular flexibility index (Phi) is 13.9. The first kappa shape index (κ1) is 47.9. The molecule has 2 N–H and O–H groups in total. The van der Waals surface area contributed by atoms with Crippen LogP contribution in [0, 0.1) is 30.6 Å². The van der Waals surface area contributed by atoms with Crippen molar-refractivity contribution in [1.29, 1.82) is 0 Å². The summed E-state index contributed by atoms with van der Waals surface area (Å²) < 4.78 is 42.3. The van der Waals surface area contributed by atoms with E-state index in [0.29, 0.717) is 0 Å². The molecule has 5 heterocycles. The van der Waals surface area contributed by atoms with Crippen LogP contribution in [0.25, 0.3) is 0 Å². The lowest BCUT2D eigenvalue weighted by Crippen LogP contribution is -2.56. The monoisotopic (exact) mass is 891 g/mol. The molecule has 7 bridgehead atoms. The number of hydrogen-bond acceptors (Lipinski definition) is 15. The molecule has 9 atom stereocenters. The van der Waals surface area contributed by atoms with Crippen molar-refractivity contribution >= 4 is 35.3 Å². The highest BCUT2D eigenvalue weighted by molar-refractivity contribution is 6.32. The number of phenolic OH excluding ortho intramolecular Hbond substituents is 1. The van der Waals surface area contributed by atoms with Crippen molar-refractivity contribution < 1.29 is 67.0 Å². The van der Waals surface area contributed by atoms with Gasteiger partial charge in [-0.25, -0.2) is 4.79 Å². The van der Waals surface area contributed by atoms with Gasteiger partial charge in [-0.3, -0.25) is 24.0 Å². The number of amides is 2. The molecule has 6 aliphatic rings. The number of benzene rings is 1. The van der Waals surface area contributed by atoms with E-state index >= 15 is 0 Å². The van der Waals surface area contributed by atoms with E-state index in [9.17, 15) is 33.9 Å². The SMILES string of the molecule is CCOC(=O)N1CCN(C2=C3NC(=O)/C(C)=C\C=C[C@H](C)[C@@H]4OC(C)(C)O[C@H]([C@H](C)[C@H](OC(C)=O)[C@H](C)[C@@H](OC)/C=C\O[C@@]5(C)Oc6c(C)c(O)c(c(c6C5=O)C2=O)C3=O)[C@@H]4C)CC1. The van der Waals surface area contributed by atoms with Gasteiger partial charge in [-0.05, 0) is 40.7 Å². The molecule has 1 aromatic rings. The molecule has 7 rings (SSSR count). The van der Waals surface area contributed by atoms with Crippen LogP contribution in [0.5, 0.6) is 11.5 Å². The number of carbonyl (C=O) groups excluding carboxylic acids is 6. The smallest absolute Gasteiger partial charge is 0.409 e. The van der Waals surface area contributed by atoms with E-state index in [-0.39, 0.29) is 84.8 Å². The molecular formula is C47H61N3O14. The van der Waals surface area contributed by atoms with Gasteiger partial charge in [0.2, 0.25) is 11.6 Å². The molecule has 64 heavy (non-hydrogen) atoms. The highest BCUT2D eigenvalue weighted by Crippen LogP contribution is 2.49. The topological polar surface area (TPSA) is 206 Å². The molecule has 2 fully saturated rings. The van der Waals surface area contributed by atoms with Gasteiger partial charge in [-0.2, -0.15) is 0 Å². The third-order valence-corrected chi connectivity index (χ3v) is 12.8. The third kappa shape index (κ3) is 8.94. The van der Waals surface area contributed by atoms with Crippen molar-refractivity contribution in [2.24, 2.45) is 23.7 Å². The summed E-state index contributed by atoms with van der Waals surface area (Å²) in [5.74, 6) is -8.93. The predicted molar refractivity (Wildman–Crippen MR) is 230 cm³/mol. The first-order valence-corrected chi connectivity index (χ1v) is 21.8. The Bertz CT molecular complexity index is 2220. The summed E-state index contributed by atoms with van der Waals surface area (Å²) in [5.41, 5.74) is -1.59. The number of ketones is 3. The number of methoxy groups -OCH3 is 1. The van der Waals surface area contributed by atoms with Crippen molar-refractivity contribution in [3.05, 3.63) is 69.8 Å². The summed E-state index contributed by atoms with van der Waals surface area (Å²) in [6.45, 7) is 19.3. The number of hydrogen-bond donors (Lipinski definition) is 2. The molecule has 17 heteroatoms. The van der Waals surface area contributed by atoms with Crippen LogP contribution < -0.4 is 10.1 Å². The van der Waals surface area contributed by atoms with Crippen LogP contribution in [0.2, 0.25) is 0 Å². The highest BCUT2D eigenvalue weighted by Gasteiger charge is 2.54. The van der Waals surface area contributed by atoms with Gasteiger partial charge in [0, 0.05) is 81.9 Å². The molecule has 0 radical (unpaired) electrons. The predicted octanol–water partition coefficient (Wildman–Crippen LogP) is 5.53. The number of Topliss-reactive ketones (excluding diaryl/α,β-unsaturated/α-hetero) is 3. The zero-order valence-electron chi connectivity index (χ0n) is 38.7. The Balaban J connectivity index is 1.49. The van der Waals surface area contributed by atoms with Crippen LogP contribution in [0.1, 0.15) is 106 Å². The molecule has 5 aliphatic heterocycles. The van der Waals surface area contributed by atoms with Gasteiger partial charge in [0.15, 0.2) is 5.79 Å². The van der Waals surface area contributed by atoms with Gasteiger partial charge in [-0.1, -0.05) is 45.9 Å². The Labute approximate surface area is 373 Å². The van der Waals surface area contributed by atoms with Crippen LogP contribution in [0.4, 0.5) is 4.79 Å². The van der Waals surface area contributed by atoms with Crippen LogP contribution in [0.15, 0.2) is 47.5 Å². The number of aromatic hydroxyl groups is 1. The van der Waals surface area contributed by atoms with E-state index in [2.05, 4.69) is 5.32 Å². The second kappa shape index (κ2) is 18.5. The maximum atomic E-state index is 15.0. The Morgan fingerprint density at radius 2 is 1.55 bits per heavy atom. The number of esters is 1. The van der Waals surface area contributed by atoms with Gasteiger partial charge in [0.1, 0.15) is 29.0 Å². The van der Waals surface area contributed by atoms with E-state index in [4.69, 9.17) is 33.2 Å².